The molecule has 1 nitrogen and oxygen atoms in total. The maximum Gasteiger partial charge on any atom is 0.155 e. The van der Waals surface area contributed by atoms with Gasteiger partial charge in [-0.05, 0) is 86.0 Å². The van der Waals surface area contributed by atoms with Gasteiger partial charge < -0.3 is 0 Å². The van der Waals surface area contributed by atoms with E-state index in [4.69, 9.17) is 0 Å². The quantitative estimate of drug-likeness (QED) is 0.651. The molecule has 116 valence electrons. The lowest BCUT2D eigenvalue weighted by Crippen LogP contribution is -2.46. The Kier molecular flexibility index (Phi) is 3.32. The Bertz CT molecular complexity index is 476. The molecule has 3 fully saturated rings. The van der Waals surface area contributed by atoms with E-state index in [1.165, 1.54) is 50.5 Å². The van der Waals surface area contributed by atoms with Gasteiger partial charge in [-0.3, -0.25) is 4.79 Å². The van der Waals surface area contributed by atoms with Crippen LogP contribution in [-0.2, 0) is 4.79 Å². The third-order valence-electron chi connectivity index (χ3n) is 7.99. The molecule has 21 heavy (non-hydrogen) atoms. The van der Waals surface area contributed by atoms with E-state index >= 15 is 0 Å². The van der Waals surface area contributed by atoms with Gasteiger partial charge in [0.05, 0.1) is 0 Å². The van der Waals surface area contributed by atoms with Crippen LogP contribution in [0.15, 0.2) is 11.6 Å². The van der Waals surface area contributed by atoms with Crippen LogP contribution in [0.1, 0.15) is 71.6 Å². The SMILES string of the molecule is CC[C@@H]1CC[C@@H]2C3CCC4=CC(=O)CCC4[C@@H]3CC[C@@]12C. The van der Waals surface area contributed by atoms with Gasteiger partial charge in [-0.2, -0.15) is 0 Å². The zero-order valence-electron chi connectivity index (χ0n) is 13.7. The molecule has 3 saturated carbocycles. The first-order chi connectivity index (χ1) is 10.1. The summed E-state index contributed by atoms with van der Waals surface area (Å²) in [7, 11) is 0. The Morgan fingerprint density at radius 1 is 1.10 bits per heavy atom. The Hall–Kier alpha value is -0.590. The molecule has 4 aliphatic carbocycles. The van der Waals surface area contributed by atoms with E-state index in [0.29, 0.717) is 11.2 Å². The van der Waals surface area contributed by atoms with E-state index in [-0.39, 0.29) is 0 Å². The largest absolute Gasteiger partial charge is 0.295 e. The van der Waals surface area contributed by atoms with Gasteiger partial charge in [-0.15, -0.1) is 0 Å². The molecule has 0 amide bonds. The van der Waals surface area contributed by atoms with E-state index in [2.05, 4.69) is 13.8 Å². The molecule has 0 heterocycles. The number of allylic oxidation sites excluding steroid dienone is 1. The van der Waals surface area contributed by atoms with Crippen LogP contribution in [0.3, 0.4) is 0 Å². The van der Waals surface area contributed by atoms with Crippen LogP contribution < -0.4 is 0 Å². The molecule has 0 aromatic rings. The van der Waals surface area contributed by atoms with Crippen LogP contribution in [0.25, 0.3) is 0 Å². The fourth-order valence-electron chi connectivity index (χ4n) is 6.96. The second kappa shape index (κ2) is 4.96. The van der Waals surface area contributed by atoms with Crippen molar-refractivity contribution in [3.05, 3.63) is 11.6 Å². The molecular formula is C20H30O. The van der Waals surface area contributed by atoms with Gasteiger partial charge in [0.25, 0.3) is 0 Å². The average molecular weight is 286 g/mol. The van der Waals surface area contributed by atoms with Gasteiger partial charge in [0, 0.05) is 6.42 Å². The second-order valence-corrected chi connectivity index (χ2v) is 8.53. The van der Waals surface area contributed by atoms with E-state index in [1.54, 1.807) is 0 Å². The molecule has 0 saturated heterocycles. The molecule has 4 aliphatic rings. The highest BCUT2D eigenvalue weighted by atomic mass is 16.1. The number of fused-ring (bicyclic) bond motifs is 5. The number of hydrogen-bond acceptors (Lipinski definition) is 1. The predicted molar refractivity (Wildman–Crippen MR) is 85.9 cm³/mol. The highest BCUT2D eigenvalue weighted by Gasteiger charge is 2.55. The summed E-state index contributed by atoms with van der Waals surface area (Å²) in [5, 5.41) is 0. The number of hydrogen-bond donors (Lipinski definition) is 0. The fraction of sp³-hybridized carbons (Fsp3) is 0.850. The topological polar surface area (TPSA) is 17.1 Å². The van der Waals surface area contributed by atoms with Crippen LogP contribution >= 0.6 is 0 Å². The van der Waals surface area contributed by atoms with Crippen molar-refractivity contribution in [2.45, 2.75) is 71.6 Å². The van der Waals surface area contributed by atoms with E-state index in [9.17, 15) is 4.79 Å². The molecule has 0 aromatic heterocycles. The first-order valence-electron chi connectivity index (χ1n) is 9.36. The van der Waals surface area contributed by atoms with Gasteiger partial charge >= 0.3 is 0 Å². The minimum absolute atomic E-state index is 0.396. The van der Waals surface area contributed by atoms with Crippen LogP contribution in [0, 0.1) is 35.0 Å². The van der Waals surface area contributed by atoms with Crippen molar-refractivity contribution in [1.29, 1.82) is 0 Å². The van der Waals surface area contributed by atoms with Crippen molar-refractivity contribution >= 4 is 5.78 Å². The monoisotopic (exact) mass is 286 g/mol. The third-order valence-corrected chi connectivity index (χ3v) is 7.99. The fourth-order valence-corrected chi connectivity index (χ4v) is 6.96. The van der Waals surface area contributed by atoms with Crippen molar-refractivity contribution < 1.29 is 4.79 Å². The van der Waals surface area contributed by atoms with E-state index in [0.717, 1.165) is 42.4 Å². The first-order valence-corrected chi connectivity index (χ1v) is 9.36. The summed E-state index contributed by atoms with van der Waals surface area (Å²) in [4.78, 5) is 11.7. The van der Waals surface area contributed by atoms with Gasteiger partial charge in [-0.1, -0.05) is 25.8 Å². The molecule has 0 spiro atoms. The number of rotatable bonds is 1. The summed E-state index contributed by atoms with van der Waals surface area (Å²) in [6, 6.07) is 0. The maximum absolute atomic E-state index is 11.7. The number of ketones is 1. The zero-order chi connectivity index (χ0) is 14.6. The molecular weight excluding hydrogens is 256 g/mol. The zero-order valence-corrected chi connectivity index (χ0v) is 13.7. The highest BCUT2D eigenvalue weighted by molar-refractivity contribution is 5.91. The lowest BCUT2D eigenvalue weighted by molar-refractivity contribution is -0.116. The Morgan fingerprint density at radius 2 is 1.95 bits per heavy atom. The van der Waals surface area contributed by atoms with E-state index < -0.39 is 0 Å². The van der Waals surface area contributed by atoms with Crippen LogP contribution in [0.5, 0.6) is 0 Å². The third kappa shape index (κ3) is 1.99. The van der Waals surface area contributed by atoms with Crippen LogP contribution in [-0.4, -0.2) is 5.78 Å². The van der Waals surface area contributed by atoms with Crippen LogP contribution in [0.2, 0.25) is 0 Å². The molecule has 1 heteroatoms. The van der Waals surface area contributed by atoms with Gasteiger partial charge in [-0.25, -0.2) is 0 Å². The summed E-state index contributed by atoms with van der Waals surface area (Å²) >= 11 is 0. The lowest BCUT2D eigenvalue weighted by atomic mass is 9.51. The van der Waals surface area contributed by atoms with Gasteiger partial charge in [0.2, 0.25) is 0 Å². The molecule has 0 N–H and O–H groups in total. The Labute approximate surface area is 129 Å². The van der Waals surface area contributed by atoms with Gasteiger partial charge in [0.1, 0.15) is 0 Å². The van der Waals surface area contributed by atoms with Gasteiger partial charge in [0.15, 0.2) is 5.78 Å². The van der Waals surface area contributed by atoms with Crippen molar-refractivity contribution in [1.82, 2.24) is 0 Å². The van der Waals surface area contributed by atoms with Crippen molar-refractivity contribution in [2.75, 3.05) is 0 Å². The minimum Gasteiger partial charge on any atom is -0.295 e. The smallest absolute Gasteiger partial charge is 0.155 e. The number of carbonyl (C=O) groups is 1. The summed E-state index contributed by atoms with van der Waals surface area (Å²) in [6.45, 7) is 5.02. The molecule has 0 aromatic carbocycles. The van der Waals surface area contributed by atoms with E-state index in [1.807, 2.05) is 6.08 Å². The minimum atomic E-state index is 0.396. The molecule has 2 unspecified atom stereocenters. The Morgan fingerprint density at radius 3 is 2.76 bits per heavy atom. The standard InChI is InChI=1S/C20H30O/c1-3-14-5-9-19-18-7-4-13-12-15(21)6-8-16(13)17(18)10-11-20(14,19)2/h12,14,16-19H,3-11H2,1-2H3/t14-,16?,17+,18?,19-,20+/m1/s1. The van der Waals surface area contributed by atoms with Crippen molar-refractivity contribution in [2.24, 2.45) is 35.0 Å². The maximum atomic E-state index is 11.7. The molecule has 4 rings (SSSR count). The predicted octanol–water partition coefficient (Wildman–Crippen LogP) is 5.15. The second-order valence-electron chi connectivity index (χ2n) is 8.53. The molecule has 6 atom stereocenters. The average Bonchev–Trinajstić information content (AvgIpc) is 2.83. The Balaban J connectivity index is 1.61. The lowest BCUT2D eigenvalue weighted by Gasteiger charge is -2.54. The summed E-state index contributed by atoms with van der Waals surface area (Å²) in [6.07, 6.45) is 13.8. The summed E-state index contributed by atoms with van der Waals surface area (Å²) < 4.78 is 0. The normalized spacial score (nSPS) is 49.1. The van der Waals surface area contributed by atoms with Crippen LogP contribution in [0.4, 0.5) is 0 Å². The molecule has 0 bridgehead atoms. The first kappa shape index (κ1) is 14.0. The van der Waals surface area contributed by atoms with Crippen molar-refractivity contribution in [3.63, 3.8) is 0 Å². The highest BCUT2D eigenvalue weighted by Crippen LogP contribution is 2.64. The summed E-state index contributed by atoms with van der Waals surface area (Å²) in [5.74, 6) is 5.01. The number of carbonyl (C=O) groups excluding carboxylic acids is 1. The van der Waals surface area contributed by atoms with Crippen molar-refractivity contribution in [3.8, 4) is 0 Å². The summed E-state index contributed by atoms with van der Waals surface area (Å²) in [5.41, 5.74) is 2.17. The molecule has 0 aliphatic heterocycles. The molecule has 0 radical (unpaired) electrons.